The normalized spacial score (nSPS) is 46.2. The summed E-state index contributed by atoms with van der Waals surface area (Å²) in [6.45, 7) is 7.12. The average molecular weight is 448 g/mol. The highest BCUT2D eigenvalue weighted by Gasteiger charge is 2.70. The van der Waals surface area contributed by atoms with E-state index in [9.17, 15) is 24.6 Å². The Kier molecular flexibility index (Phi) is 5.61. The number of fused-ring (bicyclic) bond motifs is 5. The minimum absolute atomic E-state index is 0.00222. The van der Waals surface area contributed by atoms with Crippen LogP contribution in [0.25, 0.3) is 0 Å². The smallest absolute Gasteiger partial charge is 0.320 e. The first-order chi connectivity index (χ1) is 14.9. The van der Waals surface area contributed by atoms with Gasteiger partial charge < -0.3 is 20.7 Å². The Morgan fingerprint density at radius 2 is 1.84 bits per heavy atom. The molecule has 32 heavy (non-hydrogen) atoms. The Balaban J connectivity index is 1.68. The molecule has 3 fully saturated rings. The first-order valence-electron chi connectivity index (χ1n) is 11.9. The van der Waals surface area contributed by atoms with Crippen LogP contribution in [0.5, 0.6) is 0 Å². The Morgan fingerprint density at radius 1 is 1.16 bits per heavy atom. The third-order valence-electron chi connectivity index (χ3n) is 9.95. The van der Waals surface area contributed by atoms with E-state index in [1.54, 1.807) is 0 Å². The molecule has 4 unspecified atom stereocenters. The number of ketones is 1. The average Bonchev–Trinajstić information content (AvgIpc) is 2.96. The summed E-state index contributed by atoms with van der Waals surface area (Å²) in [6, 6.07) is -1.27. The van der Waals surface area contributed by atoms with Crippen LogP contribution < -0.4 is 5.73 Å². The van der Waals surface area contributed by atoms with E-state index in [-0.39, 0.29) is 35.1 Å². The second kappa shape index (κ2) is 7.66. The van der Waals surface area contributed by atoms with E-state index in [0.717, 1.165) is 32.1 Å². The lowest BCUT2D eigenvalue weighted by atomic mass is 9.46. The van der Waals surface area contributed by atoms with Crippen molar-refractivity contribution in [1.29, 1.82) is 0 Å². The van der Waals surface area contributed by atoms with E-state index in [1.807, 2.05) is 6.92 Å². The summed E-state index contributed by atoms with van der Waals surface area (Å²) < 4.78 is 5.50. The van der Waals surface area contributed by atoms with Crippen LogP contribution in [0.1, 0.15) is 72.6 Å². The molecule has 178 valence electrons. The number of carbonyl (C=O) groups is 3. The minimum atomic E-state index is -1.72. The highest BCUT2D eigenvalue weighted by molar-refractivity contribution is 5.88. The standard InChI is InChI=1S/C25H37NO6/c1-13(27)25(31)20(21(26)22(29)30)12-19-17-6-5-15-11-16(32-14(2)28)7-9-23(15,3)18(17)8-10-24(19,25)4/h5,16-21,31H,6-12,26H2,1-4H3,(H,29,30)/t16-,17?,18?,19?,20-,21?,23-,24-,25+/m0/s1. The van der Waals surface area contributed by atoms with Crippen LogP contribution in [0.4, 0.5) is 0 Å². The van der Waals surface area contributed by atoms with E-state index >= 15 is 0 Å². The van der Waals surface area contributed by atoms with Crippen molar-refractivity contribution in [1.82, 2.24) is 0 Å². The van der Waals surface area contributed by atoms with Gasteiger partial charge in [-0.1, -0.05) is 25.5 Å². The summed E-state index contributed by atoms with van der Waals surface area (Å²) in [5.74, 6) is -1.87. The summed E-state index contributed by atoms with van der Waals surface area (Å²) >= 11 is 0. The number of ether oxygens (including phenoxy) is 1. The van der Waals surface area contributed by atoms with Gasteiger partial charge in [0.15, 0.2) is 5.78 Å². The van der Waals surface area contributed by atoms with Crippen molar-refractivity contribution in [2.24, 2.45) is 40.2 Å². The fourth-order valence-corrected chi connectivity index (χ4v) is 8.30. The first-order valence-corrected chi connectivity index (χ1v) is 11.9. The molecule has 0 saturated heterocycles. The van der Waals surface area contributed by atoms with Crippen molar-refractivity contribution in [2.75, 3.05) is 0 Å². The lowest BCUT2D eigenvalue weighted by Crippen LogP contribution is -2.61. The third-order valence-corrected chi connectivity index (χ3v) is 9.95. The number of hydrogen-bond acceptors (Lipinski definition) is 6. The molecule has 0 radical (unpaired) electrons. The quantitative estimate of drug-likeness (QED) is 0.447. The molecule has 4 rings (SSSR count). The van der Waals surface area contributed by atoms with Gasteiger partial charge in [0, 0.05) is 24.7 Å². The van der Waals surface area contributed by atoms with Gasteiger partial charge in [-0.25, -0.2) is 0 Å². The molecule has 0 spiro atoms. The zero-order valence-electron chi connectivity index (χ0n) is 19.6. The van der Waals surface area contributed by atoms with Crippen molar-refractivity contribution in [3.63, 3.8) is 0 Å². The van der Waals surface area contributed by atoms with Crippen LogP contribution in [0.2, 0.25) is 0 Å². The van der Waals surface area contributed by atoms with Gasteiger partial charge in [-0.15, -0.1) is 0 Å². The number of aliphatic hydroxyl groups is 1. The lowest BCUT2D eigenvalue weighted by molar-refractivity contribution is -0.170. The molecular weight excluding hydrogens is 410 g/mol. The highest BCUT2D eigenvalue weighted by atomic mass is 16.5. The number of allylic oxidation sites excluding steroid dienone is 1. The third kappa shape index (κ3) is 3.11. The van der Waals surface area contributed by atoms with Crippen LogP contribution in [-0.2, 0) is 19.1 Å². The van der Waals surface area contributed by atoms with Gasteiger partial charge in [0.25, 0.3) is 0 Å². The predicted molar refractivity (Wildman–Crippen MR) is 117 cm³/mol. The van der Waals surface area contributed by atoms with Crippen molar-refractivity contribution >= 4 is 17.7 Å². The molecule has 0 heterocycles. The molecule has 0 bridgehead atoms. The maximum absolute atomic E-state index is 12.8. The number of esters is 1. The van der Waals surface area contributed by atoms with E-state index in [0.29, 0.717) is 18.8 Å². The van der Waals surface area contributed by atoms with Crippen LogP contribution in [0.15, 0.2) is 11.6 Å². The molecule has 4 N–H and O–H groups in total. The largest absolute Gasteiger partial charge is 0.480 e. The van der Waals surface area contributed by atoms with E-state index in [4.69, 9.17) is 10.5 Å². The minimum Gasteiger partial charge on any atom is -0.480 e. The topological polar surface area (TPSA) is 127 Å². The summed E-state index contributed by atoms with van der Waals surface area (Å²) in [5, 5.41) is 21.3. The van der Waals surface area contributed by atoms with Gasteiger partial charge in [-0.2, -0.15) is 0 Å². The first kappa shape index (κ1) is 23.4. The van der Waals surface area contributed by atoms with E-state index in [2.05, 4.69) is 13.0 Å². The summed E-state index contributed by atoms with van der Waals surface area (Å²) in [6.07, 6.45) is 7.62. The molecule has 0 aliphatic heterocycles. The molecule has 4 aliphatic carbocycles. The van der Waals surface area contributed by atoms with Gasteiger partial charge in [-0.3, -0.25) is 14.4 Å². The van der Waals surface area contributed by atoms with Crippen LogP contribution >= 0.6 is 0 Å². The molecular formula is C25H37NO6. The maximum atomic E-state index is 12.8. The zero-order valence-corrected chi connectivity index (χ0v) is 19.6. The molecule has 7 heteroatoms. The molecule has 3 saturated carbocycles. The number of hydrogen-bond donors (Lipinski definition) is 3. The van der Waals surface area contributed by atoms with Gasteiger partial charge in [0.1, 0.15) is 17.7 Å². The predicted octanol–water partition coefficient (Wildman–Crippen LogP) is 2.84. The number of carbonyl (C=O) groups excluding carboxylic acids is 2. The Hall–Kier alpha value is -1.73. The number of rotatable bonds is 4. The monoisotopic (exact) mass is 447 g/mol. The maximum Gasteiger partial charge on any atom is 0.320 e. The number of Topliss-reactive ketones (excluding diaryl/α,β-unsaturated/α-hetero) is 1. The molecule has 7 nitrogen and oxygen atoms in total. The molecule has 0 amide bonds. The fraction of sp³-hybridized carbons (Fsp3) is 0.800. The summed E-state index contributed by atoms with van der Waals surface area (Å²) in [4.78, 5) is 36.0. The van der Waals surface area contributed by atoms with E-state index < -0.39 is 28.9 Å². The van der Waals surface area contributed by atoms with Crippen LogP contribution in [0.3, 0.4) is 0 Å². The van der Waals surface area contributed by atoms with Gasteiger partial charge >= 0.3 is 11.9 Å². The van der Waals surface area contributed by atoms with E-state index in [1.165, 1.54) is 19.4 Å². The summed E-state index contributed by atoms with van der Waals surface area (Å²) in [5.41, 5.74) is 4.99. The molecule has 9 atom stereocenters. The second-order valence-corrected chi connectivity index (χ2v) is 11.2. The number of carboxylic acid groups (broad SMARTS) is 1. The second-order valence-electron chi connectivity index (χ2n) is 11.2. The zero-order chi connectivity index (χ0) is 23.6. The Morgan fingerprint density at radius 3 is 2.44 bits per heavy atom. The van der Waals surface area contributed by atoms with Gasteiger partial charge in [0.2, 0.25) is 0 Å². The van der Waals surface area contributed by atoms with Crippen molar-refractivity contribution in [3.05, 3.63) is 11.6 Å². The molecule has 4 aliphatic rings. The Bertz CT molecular complexity index is 868. The van der Waals surface area contributed by atoms with Crippen LogP contribution in [0, 0.1) is 34.5 Å². The number of carboxylic acids is 1. The van der Waals surface area contributed by atoms with Gasteiger partial charge in [0.05, 0.1) is 0 Å². The number of aliphatic carboxylic acids is 1. The van der Waals surface area contributed by atoms with Crippen molar-refractivity contribution in [2.45, 2.75) is 90.4 Å². The lowest BCUT2D eigenvalue weighted by Gasteiger charge is -2.58. The highest BCUT2D eigenvalue weighted by Crippen LogP contribution is 2.68. The van der Waals surface area contributed by atoms with Crippen LogP contribution in [-0.4, -0.2) is 45.7 Å². The summed E-state index contributed by atoms with van der Waals surface area (Å²) in [7, 11) is 0. The molecule has 0 aromatic rings. The van der Waals surface area contributed by atoms with Crippen molar-refractivity contribution in [3.8, 4) is 0 Å². The SMILES string of the molecule is CC(=O)O[C@H]1CC[C@@]2(C)C(=CCC3C2CC[C@@]2(C)C3C[C@@H](C(N)C(=O)O)[C@]2(O)C(C)=O)C1. The molecule has 0 aromatic heterocycles. The molecule has 0 aromatic carbocycles. The number of nitrogens with two attached hydrogens (primary N) is 1. The Labute approximate surface area is 189 Å². The van der Waals surface area contributed by atoms with Crippen molar-refractivity contribution < 1.29 is 29.3 Å². The fourth-order valence-electron chi connectivity index (χ4n) is 8.30. The van der Waals surface area contributed by atoms with Gasteiger partial charge in [-0.05, 0) is 68.6 Å².